The van der Waals surface area contributed by atoms with Crippen LogP contribution in [0.2, 0.25) is 0 Å². The molecule has 0 aromatic carbocycles. The summed E-state index contributed by atoms with van der Waals surface area (Å²) in [6.07, 6.45) is -5.50. The Labute approximate surface area is 132 Å². The summed E-state index contributed by atoms with van der Waals surface area (Å²) in [6.45, 7) is 0. The monoisotopic (exact) mass is 355 g/mol. The molecule has 13 N–H and O–H groups in total. The van der Waals surface area contributed by atoms with E-state index in [1.54, 1.807) is 0 Å². The molecule has 0 atom stereocenters. The van der Waals surface area contributed by atoms with E-state index >= 15 is 0 Å². The van der Waals surface area contributed by atoms with Crippen LogP contribution < -0.4 is 0 Å². The Balaban J connectivity index is -0.0000000133. The zero-order valence-corrected chi connectivity index (χ0v) is 12.1. The molecule has 0 aromatic heterocycles. The first-order chi connectivity index (χ1) is 6.61. The van der Waals surface area contributed by atoms with Crippen LogP contribution in [0.5, 0.6) is 0 Å². The Morgan fingerprint density at radius 3 is 0.632 bits per heavy atom. The zero-order chi connectivity index (χ0) is 13.4. The van der Waals surface area contributed by atoms with Crippen molar-refractivity contribution >= 4 is 48.0 Å². The van der Waals surface area contributed by atoms with Gasteiger partial charge in [0, 0.05) is 29.6 Å². The maximum atomic E-state index is 8.56. The van der Waals surface area contributed by atoms with Crippen molar-refractivity contribution < 1.29 is 84.5 Å². The van der Waals surface area contributed by atoms with Crippen molar-refractivity contribution in [3.05, 3.63) is 0 Å². The molecule has 0 unspecified atom stereocenters. The van der Waals surface area contributed by atoms with Gasteiger partial charge in [-0.25, -0.2) is 14.4 Å². The van der Waals surface area contributed by atoms with E-state index in [-0.39, 0.29) is 46.0 Å². The predicted octanol–water partition coefficient (Wildman–Crippen LogP) is -2.87. The Morgan fingerprint density at radius 2 is 0.632 bits per heavy atom. The van der Waals surface area contributed by atoms with Crippen LogP contribution in [0.3, 0.4) is 0 Å². The molecule has 16 heteroatoms. The summed E-state index contributed by atoms with van der Waals surface area (Å²) in [7, 11) is 0. The van der Waals surface area contributed by atoms with Crippen molar-refractivity contribution in [2.24, 2.45) is 0 Å². The minimum atomic E-state index is -1.83. The number of hydrogen-bond acceptors (Lipinski definition) is 4. The van der Waals surface area contributed by atoms with Gasteiger partial charge in [0.05, 0.1) is 0 Å². The summed E-state index contributed by atoms with van der Waals surface area (Å²) in [5.41, 5.74) is 0. The molecule has 0 amide bonds. The van der Waals surface area contributed by atoms with Crippen LogP contribution in [-0.4, -0.2) is 99.3 Å². The normalized spacial score (nSPS) is 4.89. The Hall–Kier alpha value is -1.04. The van der Waals surface area contributed by atoms with E-state index in [0.717, 1.165) is 0 Å². The molecular weight excluding hydrogens is 342 g/mol. The SMILES string of the molecule is O.O.O.O=C(O)O.O=C(O)O.O=C(O)O.[Na].[O]=[Co][OH]. The van der Waals surface area contributed by atoms with Crippen molar-refractivity contribution in [1.82, 2.24) is 0 Å². The van der Waals surface area contributed by atoms with Crippen LogP contribution in [0.15, 0.2) is 0 Å². The van der Waals surface area contributed by atoms with E-state index in [2.05, 4.69) is 0 Å². The van der Waals surface area contributed by atoms with Gasteiger partial charge < -0.3 is 47.1 Å². The average molecular weight is 355 g/mol. The second-order valence-electron chi connectivity index (χ2n) is 0.909. The molecule has 0 saturated carbocycles. The van der Waals surface area contributed by atoms with E-state index < -0.39 is 33.4 Å². The molecule has 0 aliphatic heterocycles. The fraction of sp³-hybridized carbons (Fsp3) is 0. The third-order valence-corrected chi connectivity index (χ3v) is 0. The van der Waals surface area contributed by atoms with Crippen LogP contribution >= 0.6 is 0 Å². The maximum absolute atomic E-state index is 8.56. The molecule has 14 nitrogen and oxygen atoms in total. The number of hydrogen-bond donors (Lipinski definition) is 7. The van der Waals surface area contributed by atoms with Crippen LogP contribution in [0.4, 0.5) is 14.4 Å². The second-order valence-corrected chi connectivity index (χ2v) is 1.10. The fourth-order valence-corrected chi connectivity index (χ4v) is 0. The van der Waals surface area contributed by atoms with Gasteiger partial charge in [-0.1, -0.05) is 0 Å². The fourth-order valence-electron chi connectivity index (χ4n) is 0. The summed E-state index contributed by atoms with van der Waals surface area (Å²) in [4.78, 5) is 25.7. The van der Waals surface area contributed by atoms with Gasteiger partial charge in [-0.3, -0.25) is 0 Å². The molecule has 0 fully saturated rings. The quantitative estimate of drug-likeness (QED) is 0.216. The summed E-state index contributed by atoms with van der Waals surface area (Å²) >= 11 is -0.812. The van der Waals surface area contributed by atoms with E-state index in [4.69, 9.17) is 53.1 Å². The first-order valence-corrected chi connectivity index (χ1v) is 3.13. The molecule has 19 heavy (non-hydrogen) atoms. The Bertz CT molecular complexity index is 153. The van der Waals surface area contributed by atoms with Crippen LogP contribution in [0.1, 0.15) is 0 Å². The van der Waals surface area contributed by atoms with E-state index in [1.807, 2.05) is 0 Å². The topological polar surface area (TPSA) is 304 Å². The molecule has 0 heterocycles. The molecule has 0 aromatic rings. The van der Waals surface area contributed by atoms with Gasteiger partial charge in [0.15, 0.2) is 0 Å². The molecule has 0 bridgehead atoms. The van der Waals surface area contributed by atoms with Crippen molar-refractivity contribution in [2.45, 2.75) is 0 Å². The van der Waals surface area contributed by atoms with Crippen LogP contribution in [-0.2, 0) is 18.8 Å². The van der Waals surface area contributed by atoms with Gasteiger partial charge in [0.25, 0.3) is 0 Å². The van der Waals surface area contributed by atoms with Crippen molar-refractivity contribution in [1.29, 1.82) is 0 Å². The molecule has 0 aliphatic rings. The first kappa shape index (κ1) is 52.1. The third-order valence-electron chi connectivity index (χ3n) is 0. The molecule has 0 saturated heterocycles. The van der Waals surface area contributed by atoms with Crippen LogP contribution in [0, 0.1) is 0 Å². The van der Waals surface area contributed by atoms with Crippen molar-refractivity contribution in [2.75, 3.05) is 0 Å². The average Bonchev–Trinajstić information content (AvgIpc) is 1.81. The molecule has 0 rings (SSSR count). The number of carboxylic acid groups (broad SMARTS) is 6. The standard InChI is InChI=1S/3CH2O3.Co.Na.4H2O.O/c3*2-1(3)4;;;;;;;/h3*(H2,2,3,4);;;4*1H2;/q;;;+1;;;;;;/p-1. The van der Waals surface area contributed by atoms with Crippen molar-refractivity contribution in [3.63, 3.8) is 0 Å². The summed E-state index contributed by atoms with van der Waals surface area (Å²) in [5, 5.41) is 41.8. The van der Waals surface area contributed by atoms with E-state index in [0.29, 0.717) is 0 Å². The van der Waals surface area contributed by atoms with Crippen molar-refractivity contribution in [3.8, 4) is 0 Å². The molecule has 0 spiro atoms. The minimum absolute atomic E-state index is 0. The third kappa shape index (κ3) is 3480. The Kier molecular flexibility index (Phi) is 148. The Morgan fingerprint density at radius 1 is 0.632 bits per heavy atom. The van der Waals surface area contributed by atoms with E-state index in [9.17, 15) is 0 Å². The summed E-state index contributed by atoms with van der Waals surface area (Å²) in [5.74, 6) is 0. The van der Waals surface area contributed by atoms with Gasteiger partial charge in [0.1, 0.15) is 0 Å². The molecule has 0 aliphatic carbocycles. The van der Waals surface area contributed by atoms with Gasteiger partial charge >= 0.3 is 41.5 Å². The zero-order valence-electron chi connectivity index (χ0n) is 9.10. The number of rotatable bonds is 0. The van der Waals surface area contributed by atoms with Gasteiger partial charge in [-0.15, -0.1) is 0 Å². The molecule has 119 valence electrons. The second kappa shape index (κ2) is 53.8. The summed E-state index contributed by atoms with van der Waals surface area (Å²) < 4.78 is 15.4. The first-order valence-electron chi connectivity index (χ1n) is 2.24. The van der Waals surface area contributed by atoms with Gasteiger partial charge in [0.2, 0.25) is 0 Å². The van der Waals surface area contributed by atoms with Crippen LogP contribution in [0.25, 0.3) is 0 Å². The van der Waals surface area contributed by atoms with Gasteiger partial charge in [-0.05, 0) is 0 Å². The van der Waals surface area contributed by atoms with Gasteiger partial charge in [-0.2, -0.15) is 0 Å². The van der Waals surface area contributed by atoms with E-state index in [1.165, 1.54) is 0 Å². The molecule has 1 radical (unpaired) electrons. The number of carbonyl (C=O) groups is 3. The predicted molar refractivity (Wildman–Crippen MR) is 51.5 cm³/mol. The molecular formula is C3H13CoNaO14. The summed E-state index contributed by atoms with van der Waals surface area (Å²) in [6, 6.07) is 0.